The quantitative estimate of drug-likeness (QED) is 0.689. The van der Waals surface area contributed by atoms with Crippen LogP contribution in [0.1, 0.15) is 5.69 Å². The third-order valence-corrected chi connectivity index (χ3v) is 3.05. The van der Waals surface area contributed by atoms with Gasteiger partial charge < -0.3 is 5.32 Å². The van der Waals surface area contributed by atoms with Gasteiger partial charge in [-0.15, -0.1) is 0 Å². The molecule has 0 aliphatic heterocycles. The number of halogens is 1. The summed E-state index contributed by atoms with van der Waals surface area (Å²) in [6.45, 7) is 1.02. The van der Waals surface area contributed by atoms with Crippen molar-refractivity contribution in [2.45, 2.75) is 13.5 Å². The number of hydrogen-bond donors (Lipinski definition) is 1. The van der Waals surface area contributed by atoms with Gasteiger partial charge in [-0.3, -0.25) is 24.3 Å². The normalized spacial score (nSPS) is 10.3. The highest BCUT2D eigenvalue weighted by atomic mass is 19.1. The maximum Gasteiger partial charge on any atom is 0.288 e. The zero-order valence-corrected chi connectivity index (χ0v) is 11.6. The van der Waals surface area contributed by atoms with Gasteiger partial charge in [-0.1, -0.05) is 0 Å². The molecular weight excluding hydrogens is 293 g/mol. The smallest absolute Gasteiger partial charge is 0.288 e. The van der Waals surface area contributed by atoms with Gasteiger partial charge in [0.15, 0.2) is 0 Å². The van der Waals surface area contributed by atoms with Crippen molar-refractivity contribution in [2.24, 2.45) is 0 Å². The molecule has 114 valence electrons. The van der Waals surface area contributed by atoms with E-state index in [2.05, 4.69) is 5.32 Å². The molecule has 7 nitrogen and oxygen atoms in total. The summed E-state index contributed by atoms with van der Waals surface area (Å²) in [5.41, 5.74) is -0.305. The third kappa shape index (κ3) is 3.35. The van der Waals surface area contributed by atoms with Crippen LogP contribution in [-0.2, 0) is 11.3 Å². The van der Waals surface area contributed by atoms with Crippen molar-refractivity contribution in [3.63, 3.8) is 0 Å². The summed E-state index contributed by atoms with van der Waals surface area (Å²) in [7, 11) is 0. The minimum absolute atomic E-state index is 0.0896. The Kier molecular flexibility index (Phi) is 4.31. The average molecular weight is 305 g/mol. The molecule has 22 heavy (non-hydrogen) atoms. The lowest BCUT2D eigenvalue weighted by Crippen LogP contribution is -2.29. The molecule has 0 atom stereocenters. The van der Waals surface area contributed by atoms with Crippen LogP contribution >= 0.6 is 0 Å². The van der Waals surface area contributed by atoms with Gasteiger partial charge in [0.05, 0.1) is 10.6 Å². The summed E-state index contributed by atoms with van der Waals surface area (Å²) >= 11 is 0. The second-order valence-corrected chi connectivity index (χ2v) is 4.54. The van der Waals surface area contributed by atoms with E-state index in [1.165, 1.54) is 31.2 Å². The van der Waals surface area contributed by atoms with Crippen LogP contribution in [0.5, 0.6) is 0 Å². The van der Waals surface area contributed by atoms with Gasteiger partial charge >= 0.3 is 0 Å². The molecule has 0 aliphatic rings. The van der Waals surface area contributed by atoms with E-state index in [-0.39, 0.29) is 17.9 Å². The van der Waals surface area contributed by atoms with Crippen molar-refractivity contribution in [3.05, 3.63) is 68.4 Å². The Hall–Kier alpha value is -3.03. The molecule has 0 unspecified atom stereocenters. The van der Waals surface area contributed by atoms with Gasteiger partial charge in [0.2, 0.25) is 5.91 Å². The molecule has 1 N–H and O–H groups in total. The van der Waals surface area contributed by atoms with Crippen LogP contribution in [0.2, 0.25) is 0 Å². The lowest BCUT2D eigenvalue weighted by atomic mass is 10.3. The highest BCUT2D eigenvalue weighted by Gasteiger charge is 2.16. The van der Waals surface area contributed by atoms with Gasteiger partial charge in [0.25, 0.3) is 11.2 Å². The van der Waals surface area contributed by atoms with E-state index >= 15 is 0 Å². The molecule has 0 aliphatic carbocycles. The summed E-state index contributed by atoms with van der Waals surface area (Å²) in [4.78, 5) is 33.9. The predicted octanol–water partition coefficient (Wildman–Crippen LogP) is 1.84. The molecule has 1 aromatic carbocycles. The number of nitro groups is 1. The molecule has 0 saturated carbocycles. The van der Waals surface area contributed by atoms with E-state index in [1.54, 1.807) is 0 Å². The molecule has 1 heterocycles. The molecule has 2 rings (SSSR count). The van der Waals surface area contributed by atoms with E-state index in [0.717, 1.165) is 16.7 Å². The molecular formula is C14H12FN3O4. The van der Waals surface area contributed by atoms with Gasteiger partial charge in [-0.2, -0.15) is 0 Å². The average Bonchev–Trinajstić information content (AvgIpc) is 2.45. The van der Waals surface area contributed by atoms with E-state index in [9.17, 15) is 24.1 Å². The van der Waals surface area contributed by atoms with E-state index < -0.39 is 22.2 Å². The maximum atomic E-state index is 12.8. The summed E-state index contributed by atoms with van der Waals surface area (Å²) in [6, 6.07) is 7.25. The SMILES string of the molecule is Cc1c([N+](=O)[O-])ccc(=O)n1CC(=O)Nc1ccc(F)cc1. The van der Waals surface area contributed by atoms with Crippen LogP contribution in [-0.4, -0.2) is 15.4 Å². The van der Waals surface area contributed by atoms with Crippen molar-refractivity contribution in [2.75, 3.05) is 5.32 Å². The number of anilines is 1. The van der Waals surface area contributed by atoms with Crippen LogP contribution in [0, 0.1) is 22.9 Å². The fourth-order valence-electron chi connectivity index (χ4n) is 1.93. The van der Waals surface area contributed by atoms with E-state index in [0.29, 0.717) is 5.69 Å². The summed E-state index contributed by atoms with van der Waals surface area (Å²) < 4.78 is 13.8. The molecule has 0 spiro atoms. The lowest BCUT2D eigenvalue weighted by Gasteiger charge is -2.10. The fraction of sp³-hybridized carbons (Fsp3) is 0.143. The topological polar surface area (TPSA) is 94.2 Å². The number of hydrogen-bond acceptors (Lipinski definition) is 4. The number of rotatable bonds is 4. The fourth-order valence-corrected chi connectivity index (χ4v) is 1.93. The minimum Gasteiger partial charge on any atom is -0.325 e. The maximum absolute atomic E-state index is 12.8. The number of carbonyl (C=O) groups excluding carboxylic acids is 1. The van der Waals surface area contributed by atoms with Gasteiger partial charge in [0, 0.05) is 17.8 Å². The molecule has 0 bridgehead atoms. The minimum atomic E-state index is -0.622. The largest absolute Gasteiger partial charge is 0.325 e. The Morgan fingerprint density at radius 2 is 1.91 bits per heavy atom. The van der Waals surface area contributed by atoms with E-state index in [4.69, 9.17) is 0 Å². The molecule has 2 aromatic rings. The Balaban J connectivity index is 2.21. The van der Waals surface area contributed by atoms with Crippen LogP contribution in [0.25, 0.3) is 0 Å². The van der Waals surface area contributed by atoms with Crippen LogP contribution in [0.3, 0.4) is 0 Å². The van der Waals surface area contributed by atoms with Gasteiger partial charge in [0.1, 0.15) is 12.4 Å². The number of nitrogens with one attached hydrogen (secondary N) is 1. The van der Waals surface area contributed by atoms with Crippen molar-refractivity contribution in [1.29, 1.82) is 0 Å². The molecule has 0 radical (unpaired) electrons. The zero-order valence-electron chi connectivity index (χ0n) is 11.6. The monoisotopic (exact) mass is 305 g/mol. The van der Waals surface area contributed by atoms with Gasteiger partial charge in [-0.05, 0) is 31.2 Å². The van der Waals surface area contributed by atoms with Crippen molar-refractivity contribution in [3.8, 4) is 0 Å². The first-order chi connectivity index (χ1) is 10.4. The third-order valence-electron chi connectivity index (χ3n) is 3.05. The molecule has 8 heteroatoms. The van der Waals surface area contributed by atoms with Gasteiger partial charge in [-0.25, -0.2) is 4.39 Å². The number of aromatic nitrogens is 1. The Bertz CT molecular complexity index is 784. The lowest BCUT2D eigenvalue weighted by molar-refractivity contribution is -0.386. The first-order valence-corrected chi connectivity index (χ1v) is 6.29. The second kappa shape index (κ2) is 6.17. The Labute approximate surface area is 124 Å². The molecule has 0 saturated heterocycles. The summed E-state index contributed by atoms with van der Waals surface area (Å²) in [5.74, 6) is -0.985. The first-order valence-electron chi connectivity index (χ1n) is 6.29. The second-order valence-electron chi connectivity index (χ2n) is 4.54. The molecule has 1 amide bonds. The number of benzene rings is 1. The van der Waals surface area contributed by atoms with Crippen molar-refractivity contribution >= 4 is 17.3 Å². The summed E-state index contributed by atoms with van der Waals surface area (Å²) in [5, 5.41) is 13.3. The molecule has 0 fully saturated rings. The highest BCUT2D eigenvalue weighted by molar-refractivity contribution is 5.90. The zero-order chi connectivity index (χ0) is 16.3. The van der Waals surface area contributed by atoms with Crippen molar-refractivity contribution in [1.82, 2.24) is 4.57 Å². The number of pyridine rings is 1. The highest BCUT2D eigenvalue weighted by Crippen LogP contribution is 2.14. The van der Waals surface area contributed by atoms with E-state index in [1.807, 2.05) is 0 Å². The number of carbonyl (C=O) groups is 1. The number of nitrogens with zero attached hydrogens (tertiary/aromatic N) is 2. The first kappa shape index (κ1) is 15.4. The summed E-state index contributed by atoms with van der Waals surface area (Å²) in [6.07, 6.45) is 0. The molecule has 1 aromatic heterocycles. The standard InChI is InChI=1S/C14H12FN3O4/c1-9-12(18(21)22)6-7-14(20)17(9)8-13(19)16-11-4-2-10(15)3-5-11/h2-7H,8H2,1H3,(H,16,19). The van der Waals surface area contributed by atoms with Crippen LogP contribution < -0.4 is 10.9 Å². The van der Waals surface area contributed by atoms with Crippen LogP contribution in [0.15, 0.2) is 41.2 Å². The number of amides is 1. The Morgan fingerprint density at radius 3 is 2.50 bits per heavy atom. The predicted molar refractivity (Wildman–Crippen MR) is 77.1 cm³/mol. The Morgan fingerprint density at radius 1 is 1.27 bits per heavy atom. The van der Waals surface area contributed by atoms with Crippen molar-refractivity contribution < 1.29 is 14.1 Å². The van der Waals surface area contributed by atoms with Crippen LogP contribution in [0.4, 0.5) is 15.8 Å².